The number of hydrogen-bond acceptors (Lipinski definition) is 8. The molecule has 11 heteroatoms. The zero-order chi connectivity index (χ0) is 24.9. The molecule has 0 bridgehead atoms. The van der Waals surface area contributed by atoms with Gasteiger partial charge in [-0.05, 0) is 37.7 Å². The lowest BCUT2D eigenvalue weighted by Crippen LogP contribution is -2.44. The Hall–Kier alpha value is -3.37. The molecule has 35 heavy (non-hydrogen) atoms. The number of likely N-dealkylation sites (N-methyl/N-ethyl adjacent to an activating group) is 1. The molecule has 0 radical (unpaired) electrons. The Kier molecular flexibility index (Phi) is 7.72. The van der Waals surface area contributed by atoms with Crippen molar-refractivity contribution >= 4 is 40.7 Å². The maximum absolute atomic E-state index is 13.4. The first-order valence-corrected chi connectivity index (χ1v) is 11.9. The Bertz CT molecular complexity index is 1100. The maximum atomic E-state index is 13.4. The van der Waals surface area contributed by atoms with E-state index in [1.165, 1.54) is 19.4 Å². The zero-order valence-electron chi connectivity index (χ0n) is 20.0. The van der Waals surface area contributed by atoms with Crippen molar-refractivity contribution in [3.63, 3.8) is 0 Å². The van der Waals surface area contributed by atoms with E-state index < -0.39 is 0 Å². The van der Waals surface area contributed by atoms with Gasteiger partial charge in [0.25, 0.3) is 5.91 Å². The van der Waals surface area contributed by atoms with Crippen LogP contribution < -0.4 is 20.3 Å². The summed E-state index contributed by atoms with van der Waals surface area (Å²) in [6, 6.07) is 5.43. The third-order valence-corrected chi connectivity index (χ3v) is 6.51. The number of likely N-dealkylation sites (tertiary alicyclic amines) is 1. The van der Waals surface area contributed by atoms with Gasteiger partial charge >= 0.3 is 0 Å². The first kappa shape index (κ1) is 24.7. The molecule has 0 unspecified atom stereocenters. The molecule has 2 amide bonds. The predicted molar refractivity (Wildman–Crippen MR) is 137 cm³/mol. The fourth-order valence-corrected chi connectivity index (χ4v) is 4.42. The summed E-state index contributed by atoms with van der Waals surface area (Å²) >= 11 is 6.00. The van der Waals surface area contributed by atoms with Crippen LogP contribution in [0.4, 0.5) is 17.3 Å². The quantitative estimate of drug-likeness (QED) is 0.560. The van der Waals surface area contributed by atoms with Crippen LogP contribution in [-0.4, -0.2) is 91.0 Å². The Morgan fingerprint density at radius 2 is 2.00 bits per heavy atom. The van der Waals surface area contributed by atoms with Crippen LogP contribution in [0.25, 0.3) is 0 Å². The van der Waals surface area contributed by atoms with Crippen molar-refractivity contribution in [3.05, 3.63) is 47.6 Å². The Morgan fingerprint density at radius 1 is 1.23 bits per heavy atom. The molecule has 2 aliphatic rings. The average Bonchev–Trinajstić information content (AvgIpc) is 3.34. The molecule has 2 fully saturated rings. The van der Waals surface area contributed by atoms with Crippen molar-refractivity contribution in [2.75, 3.05) is 69.0 Å². The van der Waals surface area contributed by atoms with E-state index in [0.29, 0.717) is 41.2 Å². The highest BCUT2D eigenvalue weighted by Gasteiger charge is 2.29. The van der Waals surface area contributed by atoms with Crippen LogP contribution in [0.5, 0.6) is 5.88 Å². The molecule has 10 nitrogen and oxygen atoms in total. The largest absolute Gasteiger partial charge is 0.480 e. The summed E-state index contributed by atoms with van der Waals surface area (Å²) in [5.41, 5.74) is 2.10. The molecular weight excluding hydrogens is 470 g/mol. The topological polar surface area (TPSA) is 103 Å². The molecule has 1 aromatic heterocycles. The van der Waals surface area contributed by atoms with Crippen LogP contribution in [0.15, 0.2) is 37.1 Å². The van der Waals surface area contributed by atoms with Gasteiger partial charge in [-0.1, -0.05) is 18.2 Å². The van der Waals surface area contributed by atoms with Gasteiger partial charge < -0.3 is 30.1 Å². The minimum Gasteiger partial charge on any atom is -0.480 e. The van der Waals surface area contributed by atoms with E-state index in [2.05, 4.69) is 44.0 Å². The van der Waals surface area contributed by atoms with Gasteiger partial charge in [0.1, 0.15) is 5.02 Å². The lowest BCUT2D eigenvalue weighted by Gasteiger charge is -2.35. The lowest BCUT2D eigenvalue weighted by atomic mass is 10.1. The van der Waals surface area contributed by atoms with Crippen molar-refractivity contribution in [2.45, 2.75) is 12.5 Å². The number of nitrogens with zero attached hydrogens (tertiary/aromatic N) is 5. The number of hydrogen-bond donors (Lipinski definition) is 2. The van der Waals surface area contributed by atoms with Crippen molar-refractivity contribution in [3.8, 4) is 5.88 Å². The summed E-state index contributed by atoms with van der Waals surface area (Å²) < 4.78 is 5.15. The number of amides is 2. The Balaban J connectivity index is 1.48. The molecule has 0 aliphatic carbocycles. The smallest absolute Gasteiger partial charge is 0.254 e. The van der Waals surface area contributed by atoms with Crippen LogP contribution in [-0.2, 0) is 4.79 Å². The van der Waals surface area contributed by atoms with E-state index in [1.807, 2.05) is 11.0 Å². The highest BCUT2D eigenvalue weighted by atomic mass is 35.5. The van der Waals surface area contributed by atoms with Gasteiger partial charge in [0.15, 0.2) is 0 Å². The monoisotopic (exact) mass is 499 g/mol. The molecule has 186 valence electrons. The summed E-state index contributed by atoms with van der Waals surface area (Å²) in [5.74, 6) is 0.371. The van der Waals surface area contributed by atoms with Crippen molar-refractivity contribution in [1.29, 1.82) is 0 Å². The SMILES string of the molecule is C=CC(=O)Nc1ccc(C(=O)N2CC[C@@H](Nc3ncc(Cl)c(OC)n3)C2)cc1N1CCN(C)CC1. The standard InChI is InChI=1S/C24H30ClN7O3/c1-4-21(33)28-19-6-5-16(13-20(19)31-11-9-30(2)10-12-31)23(34)32-8-7-17(15-32)27-24-26-14-18(25)22(29-24)35-3/h4-6,13-14,17H,1,7-12,15H2,2-3H3,(H,28,33)(H,26,27,29)/t17-/m1/s1. The second kappa shape index (κ2) is 10.9. The van der Waals surface area contributed by atoms with Gasteiger partial charge in [-0.3, -0.25) is 9.59 Å². The molecule has 2 aromatic rings. The lowest BCUT2D eigenvalue weighted by molar-refractivity contribution is -0.111. The van der Waals surface area contributed by atoms with Gasteiger partial charge in [0.2, 0.25) is 17.7 Å². The molecule has 2 saturated heterocycles. The number of anilines is 3. The summed E-state index contributed by atoms with van der Waals surface area (Å²) in [7, 11) is 3.58. The van der Waals surface area contributed by atoms with E-state index >= 15 is 0 Å². The van der Waals surface area contributed by atoms with Crippen LogP contribution in [0, 0.1) is 0 Å². The molecule has 3 heterocycles. The molecule has 0 saturated carbocycles. The number of benzene rings is 1. The Morgan fingerprint density at radius 3 is 2.71 bits per heavy atom. The normalized spacial score (nSPS) is 18.3. The summed E-state index contributed by atoms with van der Waals surface area (Å²) in [6.45, 7) is 8.10. The third-order valence-electron chi connectivity index (χ3n) is 6.25. The number of rotatable bonds is 7. The van der Waals surface area contributed by atoms with Gasteiger partial charge in [-0.2, -0.15) is 4.98 Å². The number of nitrogens with one attached hydrogen (secondary N) is 2. The number of carbonyl (C=O) groups is 2. The van der Waals surface area contributed by atoms with Crippen molar-refractivity contribution < 1.29 is 14.3 Å². The molecular formula is C24H30ClN7O3. The van der Waals surface area contributed by atoms with E-state index in [-0.39, 0.29) is 17.9 Å². The van der Waals surface area contributed by atoms with Crippen molar-refractivity contribution in [2.24, 2.45) is 0 Å². The number of methoxy groups -OCH3 is 1. The predicted octanol–water partition coefficient (Wildman–Crippen LogP) is 2.34. The minimum absolute atomic E-state index is 0.00749. The highest BCUT2D eigenvalue weighted by Crippen LogP contribution is 2.30. The zero-order valence-corrected chi connectivity index (χ0v) is 20.7. The Labute approximate surface area is 209 Å². The number of carbonyl (C=O) groups excluding carboxylic acids is 2. The molecule has 1 aromatic carbocycles. The number of halogens is 1. The fraction of sp³-hybridized carbons (Fsp3) is 0.417. The number of aromatic nitrogens is 2. The summed E-state index contributed by atoms with van der Waals surface area (Å²) in [4.78, 5) is 40.1. The van der Waals surface area contributed by atoms with Gasteiger partial charge in [-0.15, -0.1) is 0 Å². The molecule has 1 atom stereocenters. The fourth-order valence-electron chi connectivity index (χ4n) is 4.25. The van der Waals surface area contributed by atoms with Crippen LogP contribution in [0.3, 0.4) is 0 Å². The number of piperazine rings is 1. The third kappa shape index (κ3) is 5.83. The highest BCUT2D eigenvalue weighted by molar-refractivity contribution is 6.31. The maximum Gasteiger partial charge on any atom is 0.254 e. The summed E-state index contributed by atoms with van der Waals surface area (Å²) in [6.07, 6.45) is 3.49. The second-order valence-corrected chi connectivity index (χ2v) is 9.05. The van der Waals surface area contributed by atoms with Gasteiger partial charge in [-0.25, -0.2) is 4.98 Å². The van der Waals surface area contributed by atoms with E-state index in [1.54, 1.807) is 12.1 Å². The van der Waals surface area contributed by atoms with E-state index in [0.717, 1.165) is 38.3 Å². The molecule has 4 rings (SSSR count). The molecule has 0 spiro atoms. The van der Waals surface area contributed by atoms with Gasteiger partial charge in [0.05, 0.1) is 24.7 Å². The van der Waals surface area contributed by atoms with E-state index in [4.69, 9.17) is 16.3 Å². The van der Waals surface area contributed by atoms with Crippen LogP contribution >= 0.6 is 11.6 Å². The molecule has 2 N–H and O–H groups in total. The average molecular weight is 500 g/mol. The van der Waals surface area contributed by atoms with Crippen LogP contribution in [0.2, 0.25) is 5.02 Å². The van der Waals surface area contributed by atoms with Gasteiger partial charge in [0, 0.05) is 50.9 Å². The van der Waals surface area contributed by atoms with Crippen LogP contribution in [0.1, 0.15) is 16.8 Å². The van der Waals surface area contributed by atoms with E-state index in [9.17, 15) is 9.59 Å². The molecule has 2 aliphatic heterocycles. The summed E-state index contributed by atoms with van der Waals surface area (Å²) in [5, 5.41) is 6.47. The number of ether oxygens (including phenoxy) is 1. The van der Waals surface area contributed by atoms with Crippen molar-refractivity contribution in [1.82, 2.24) is 19.8 Å². The first-order chi connectivity index (χ1) is 16.9. The first-order valence-electron chi connectivity index (χ1n) is 11.5. The second-order valence-electron chi connectivity index (χ2n) is 8.65. The minimum atomic E-state index is -0.283.